The van der Waals surface area contributed by atoms with Gasteiger partial charge in [0.25, 0.3) is 0 Å². The molecule has 0 aliphatic heterocycles. The Kier molecular flexibility index (Phi) is 19.5. The van der Waals surface area contributed by atoms with Gasteiger partial charge in [-0.3, -0.25) is 0 Å². The third kappa shape index (κ3) is 18.5. The van der Waals surface area contributed by atoms with E-state index < -0.39 is 0 Å². The maximum atomic E-state index is 9.08. The second kappa shape index (κ2) is 18.1. The molecule has 1 N–H and O–H groups in total. The summed E-state index contributed by atoms with van der Waals surface area (Å²) in [6.07, 6.45) is 14.4. The van der Waals surface area contributed by atoms with Crippen molar-refractivity contribution in [2.75, 3.05) is 27.7 Å². The highest BCUT2D eigenvalue weighted by Gasteiger charge is 2.04. The Morgan fingerprint density at radius 3 is 1.65 bits per heavy atom. The van der Waals surface area contributed by atoms with Crippen LogP contribution in [0.15, 0.2) is 24.3 Å². The van der Waals surface area contributed by atoms with Crippen LogP contribution >= 0.6 is 15.9 Å². The van der Waals surface area contributed by atoms with E-state index >= 15 is 0 Å². The van der Waals surface area contributed by atoms with Crippen LogP contribution in [0.1, 0.15) is 76.7 Å². The molecule has 1 rings (SSSR count). The number of benzene rings is 1. The standard InChI is InChI=1S/C15H34N.C7H7BrO.ClH/c1-5-6-7-8-9-10-11-12-13-14-15-16(2,3)4;8-5-6-3-1-2-4-7(6)9;/h5-15H2,1-4H3;1-4,9H,5H2;1H/q+1;;/p-1. The highest BCUT2D eigenvalue weighted by atomic mass is 79.9. The fraction of sp³-hybridized carbons (Fsp3) is 0.727. The minimum atomic E-state index is 0. The first kappa shape index (κ1) is 28.0. The number of unbranched alkanes of at least 4 members (excludes halogenated alkanes) is 9. The van der Waals surface area contributed by atoms with E-state index in [0.29, 0.717) is 11.1 Å². The zero-order valence-electron chi connectivity index (χ0n) is 17.4. The monoisotopic (exact) mass is 449 g/mol. The van der Waals surface area contributed by atoms with Gasteiger partial charge in [0, 0.05) is 10.9 Å². The molecule has 154 valence electrons. The van der Waals surface area contributed by atoms with Crippen LogP contribution in [-0.2, 0) is 5.33 Å². The summed E-state index contributed by atoms with van der Waals surface area (Å²) in [6, 6.07) is 7.26. The molecule has 0 fully saturated rings. The molecular weight excluding hydrogens is 410 g/mol. The summed E-state index contributed by atoms with van der Waals surface area (Å²) >= 11 is 3.25. The number of phenols is 1. The average molecular weight is 451 g/mol. The Hall–Kier alpha value is -0.250. The van der Waals surface area contributed by atoms with E-state index in [1.54, 1.807) is 6.07 Å². The van der Waals surface area contributed by atoms with Gasteiger partial charge in [-0.25, -0.2) is 0 Å². The Morgan fingerprint density at radius 1 is 0.808 bits per heavy atom. The third-order valence-electron chi connectivity index (χ3n) is 4.32. The lowest BCUT2D eigenvalue weighted by Gasteiger charge is -2.23. The van der Waals surface area contributed by atoms with Gasteiger partial charge in [0.05, 0.1) is 27.7 Å². The van der Waals surface area contributed by atoms with Gasteiger partial charge in [0.15, 0.2) is 0 Å². The number of alkyl halides is 1. The van der Waals surface area contributed by atoms with Gasteiger partial charge in [-0.15, -0.1) is 0 Å². The zero-order chi connectivity index (χ0) is 19.0. The van der Waals surface area contributed by atoms with E-state index in [4.69, 9.17) is 5.11 Å². The van der Waals surface area contributed by atoms with E-state index in [-0.39, 0.29) is 12.4 Å². The van der Waals surface area contributed by atoms with Crippen LogP contribution in [0.4, 0.5) is 0 Å². The lowest BCUT2D eigenvalue weighted by Crippen LogP contribution is -3.00. The molecule has 0 saturated heterocycles. The molecule has 0 aliphatic rings. The maximum absolute atomic E-state index is 9.08. The summed E-state index contributed by atoms with van der Waals surface area (Å²) in [4.78, 5) is 0. The largest absolute Gasteiger partial charge is 1.00 e. The molecule has 0 aromatic heterocycles. The minimum absolute atomic E-state index is 0. The molecule has 0 spiro atoms. The molecule has 4 heteroatoms. The van der Waals surface area contributed by atoms with Gasteiger partial charge < -0.3 is 22.0 Å². The van der Waals surface area contributed by atoms with Crippen molar-refractivity contribution < 1.29 is 22.0 Å². The number of halogens is 2. The number of para-hydroxylation sites is 1. The summed E-state index contributed by atoms with van der Waals surface area (Å²) in [7, 11) is 6.86. The van der Waals surface area contributed by atoms with Crippen molar-refractivity contribution in [2.45, 2.75) is 76.5 Å². The van der Waals surface area contributed by atoms with E-state index in [1.807, 2.05) is 18.2 Å². The normalized spacial score (nSPS) is 10.7. The van der Waals surface area contributed by atoms with Crippen LogP contribution in [0, 0.1) is 0 Å². The van der Waals surface area contributed by atoms with E-state index in [9.17, 15) is 0 Å². The molecule has 0 aliphatic carbocycles. The lowest BCUT2D eigenvalue weighted by atomic mass is 10.1. The summed E-state index contributed by atoms with van der Waals surface area (Å²) in [5, 5.41) is 9.79. The highest BCUT2D eigenvalue weighted by Crippen LogP contribution is 2.17. The fourth-order valence-corrected chi connectivity index (χ4v) is 3.17. The first-order chi connectivity index (χ1) is 11.9. The second-order valence-corrected chi connectivity index (χ2v) is 8.52. The quantitative estimate of drug-likeness (QED) is 0.291. The predicted molar refractivity (Wildman–Crippen MR) is 115 cm³/mol. The molecule has 0 saturated carbocycles. The maximum Gasteiger partial charge on any atom is 0.119 e. The molecule has 2 nitrogen and oxygen atoms in total. The number of hydrogen-bond donors (Lipinski definition) is 1. The topological polar surface area (TPSA) is 20.2 Å². The SMILES string of the molecule is CCCCCCCCCCCC[N+](C)(C)C.Oc1ccccc1CBr.[Cl-]. The zero-order valence-corrected chi connectivity index (χ0v) is 19.8. The summed E-state index contributed by atoms with van der Waals surface area (Å²) < 4.78 is 1.12. The number of quaternary nitrogens is 1. The van der Waals surface area contributed by atoms with Crippen molar-refractivity contribution in [1.29, 1.82) is 0 Å². The molecule has 0 amide bonds. The smallest absolute Gasteiger partial charge is 0.119 e. The lowest BCUT2D eigenvalue weighted by molar-refractivity contribution is -0.870. The number of rotatable bonds is 12. The Morgan fingerprint density at radius 2 is 1.27 bits per heavy atom. The van der Waals surface area contributed by atoms with Crippen LogP contribution in [0.25, 0.3) is 0 Å². The number of nitrogens with zero attached hydrogens (tertiary/aromatic N) is 1. The highest BCUT2D eigenvalue weighted by molar-refractivity contribution is 9.08. The summed E-state index contributed by atoms with van der Waals surface area (Å²) in [5.74, 6) is 0.356. The van der Waals surface area contributed by atoms with Crippen molar-refractivity contribution in [3.05, 3.63) is 29.8 Å². The van der Waals surface area contributed by atoms with Crippen LogP contribution < -0.4 is 12.4 Å². The van der Waals surface area contributed by atoms with E-state index in [1.165, 1.54) is 70.8 Å². The summed E-state index contributed by atoms with van der Waals surface area (Å²) in [5.41, 5.74) is 0.928. The van der Waals surface area contributed by atoms with Gasteiger partial charge in [0.2, 0.25) is 0 Å². The minimum Gasteiger partial charge on any atom is -1.00 e. The van der Waals surface area contributed by atoms with Crippen LogP contribution in [0.3, 0.4) is 0 Å². The van der Waals surface area contributed by atoms with Crippen LogP contribution in [0.5, 0.6) is 5.75 Å². The molecule has 0 bridgehead atoms. The van der Waals surface area contributed by atoms with Gasteiger partial charge in [0.1, 0.15) is 5.75 Å². The van der Waals surface area contributed by atoms with Gasteiger partial charge in [-0.2, -0.15) is 0 Å². The van der Waals surface area contributed by atoms with E-state index in [0.717, 1.165) is 10.0 Å². The predicted octanol–water partition coefficient (Wildman–Crippen LogP) is 3.90. The van der Waals surface area contributed by atoms with Crippen molar-refractivity contribution in [1.82, 2.24) is 0 Å². The molecular formula is C22H41BrClNO. The van der Waals surface area contributed by atoms with Crippen molar-refractivity contribution in [2.24, 2.45) is 0 Å². The Labute approximate surface area is 177 Å². The molecule has 1 aromatic carbocycles. The third-order valence-corrected chi connectivity index (χ3v) is 4.92. The van der Waals surface area contributed by atoms with Crippen molar-refractivity contribution >= 4 is 15.9 Å². The molecule has 1 aromatic rings. The van der Waals surface area contributed by atoms with Gasteiger partial charge >= 0.3 is 0 Å². The fourth-order valence-electron chi connectivity index (χ4n) is 2.70. The average Bonchev–Trinajstić information content (AvgIpc) is 2.57. The number of hydrogen-bond acceptors (Lipinski definition) is 1. The number of aromatic hydroxyl groups is 1. The summed E-state index contributed by atoms with van der Waals surface area (Å²) in [6.45, 7) is 3.62. The first-order valence-electron chi connectivity index (χ1n) is 10.0. The van der Waals surface area contributed by atoms with Gasteiger partial charge in [-0.05, 0) is 18.9 Å². The Bertz CT molecular complexity index is 421. The van der Waals surface area contributed by atoms with Crippen molar-refractivity contribution in [3.63, 3.8) is 0 Å². The second-order valence-electron chi connectivity index (χ2n) is 7.96. The Balaban J connectivity index is 0. The molecule has 0 radical (unpaired) electrons. The molecule has 26 heavy (non-hydrogen) atoms. The first-order valence-corrected chi connectivity index (χ1v) is 11.2. The van der Waals surface area contributed by atoms with Gasteiger partial charge in [-0.1, -0.05) is 92.4 Å². The van der Waals surface area contributed by atoms with E-state index in [2.05, 4.69) is 44.0 Å². The molecule has 0 atom stereocenters. The molecule has 0 unspecified atom stereocenters. The number of phenolic OH excluding ortho intramolecular Hbond substituents is 1. The van der Waals surface area contributed by atoms with Crippen molar-refractivity contribution in [3.8, 4) is 5.75 Å². The van der Waals surface area contributed by atoms with Crippen LogP contribution in [-0.4, -0.2) is 37.3 Å². The van der Waals surface area contributed by atoms with Crippen LogP contribution in [0.2, 0.25) is 0 Å². The molecule has 0 heterocycles.